The smallest absolute Gasteiger partial charge is 0.261 e. The van der Waals surface area contributed by atoms with Crippen molar-refractivity contribution < 1.29 is 17.9 Å². The van der Waals surface area contributed by atoms with Gasteiger partial charge in [0.15, 0.2) is 16.4 Å². The molecule has 0 saturated carbocycles. The average Bonchev–Trinajstić information content (AvgIpc) is 3.11. The number of ether oxygens (including phenoxy) is 1. The third-order valence-corrected chi connectivity index (χ3v) is 7.91. The lowest BCUT2D eigenvalue weighted by molar-refractivity contribution is -0.136. The summed E-state index contributed by atoms with van der Waals surface area (Å²) in [6.07, 6.45) is 0.459. The van der Waals surface area contributed by atoms with Crippen LogP contribution in [-0.4, -0.2) is 43.4 Å². The van der Waals surface area contributed by atoms with Crippen molar-refractivity contribution in [2.45, 2.75) is 19.0 Å². The number of hydrogen-bond acceptors (Lipinski definition) is 4. The molecule has 1 amide bonds. The van der Waals surface area contributed by atoms with E-state index in [9.17, 15) is 13.2 Å². The number of halogens is 1. The molecular formula is C23H22BrNO4S. The standard InChI is InChI=1S/C23H22BrNO4S/c24-23-20-9-5-4-8-18(20)10-11-21(23)29-15-22(26)25(14-17-6-2-1-3-7-17)19-12-13-30(27,28)16-19/h1-11,19H,12-16H2. The summed E-state index contributed by atoms with van der Waals surface area (Å²) in [7, 11) is -3.11. The number of carbonyl (C=O) groups is 1. The van der Waals surface area contributed by atoms with Gasteiger partial charge in [-0.05, 0) is 44.8 Å². The number of sulfone groups is 1. The fraction of sp³-hybridized carbons (Fsp3) is 0.261. The van der Waals surface area contributed by atoms with Gasteiger partial charge in [-0.15, -0.1) is 0 Å². The Balaban J connectivity index is 1.52. The van der Waals surface area contributed by atoms with Crippen LogP contribution in [0.1, 0.15) is 12.0 Å². The zero-order valence-electron chi connectivity index (χ0n) is 16.3. The minimum Gasteiger partial charge on any atom is -0.483 e. The van der Waals surface area contributed by atoms with Crippen LogP contribution in [0.3, 0.4) is 0 Å². The third-order valence-electron chi connectivity index (χ3n) is 5.34. The van der Waals surface area contributed by atoms with Gasteiger partial charge >= 0.3 is 0 Å². The van der Waals surface area contributed by atoms with Gasteiger partial charge in [0.2, 0.25) is 0 Å². The highest BCUT2D eigenvalue weighted by molar-refractivity contribution is 9.10. The lowest BCUT2D eigenvalue weighted by Crippen LogP contribution is -2.43. The maximum atomic E-state index is 13.1. The van der Waals surface area contributed by atoms with Crippen LogP contribution in [0.2, 0.25) is 0 Å². The van der Waals surface area contributed by atoms with Gasteiger partial charge in [0.1, 0.15) is 5.75 Å². The Labute approximate surface area is 184 Å². The molecule has 1 fully saturated rings. The summed E-state index contributed by atoms with van der Waals surface area (Å²) in [5.74, 6) is 0.486. The van der Waals surface area contributed by atoms with Gasteiger partial charge in [-0.25, -0.2) is 8.42 Å². The molecule has 1 heterocycles. The molecule has 3 aromatic carbocycles. The Morgan fingerprint density at radius 3 is 2.50 bits per heavy atom. The van der Waals surface area contributed by atoms with Crippen LogP contribution in [0.4, 0.5) is 0 Å². The molecule has 1 aliphatic heterocycles. The van der Waals surface area contributed by atoms with Crippen LogP contribution in [-0.2, 0) is 21.2 Å². The second-order valence-corrected chi connectivity index (χ2v) is 10.5. The molecule has 1 aliphatic rings. The predicted molar refractivity (Wildman–Crippen MR) is 121 cm³/mol. The summed E-state index contributed by atoms with van der Waals surface area (Å²) in [6.45, 7) is 0.211. The van der Waals surface area contributed by atoms with Gasteiger partial charge in [-0.3, -0.25) is 4.79 Å². The van der Waals surface area contributed by atoms with Crippen molar-refractivity contribution in [3.8, 4) is 5.75 Å². The molecule has 156 valence electrons. The van der Waals surface area contributed by atoms with Crippen LogP contribution >= 0.6 is 15.9 Å². The number of benzene rings is 3. The quantitative estimate of drug-likeness (QED) is 0.522. The first-order valence-electron chi connectivity index (χ1n) is 9.77. The zero-order chi connectivity index (χ0) is 21.1. The van der Waals surface area contributed by atoms with E-state index in [2.05, 4.69) is 15.9 Å². The molecule has 1 saturated heterocycles. The molecule has 30 heavy (non-hydrogen) atoms. The van der Waals surface area contributed by atoms with Crippen molar-refractivity contribution in [2.24, 2.45) is 0 Å². The number of carbonyl (C=O) groups excluding carboxylic acids is 1. The van der Waals surface area contributed by atoms with Crippen molar-refractivity contribution in [2.75, 3.05) is 18.1 Å². The molecule has 1 atom stereocenters. The van der Waals surface area contributed by atoms with Gasteiger partial charge in [0.05, 0.1) is 16.0 Å². The van der Waals surface area contributed by atoms with Crippen LogP contribution in [0.15, 0.2) is 71.2 Å². The molecule has 1 unspecified atom stereocenters. The topological polar surface area (TPSA) is 63.7 Å². The molecule has 7 heteroatoms. The molecule has 4 rings (SSSR count). The van der Waals surface area contributed by atoms with Crippen molar-refractivity contribution in [3.63, 3.8) is 0 Å². The summed E-state index contributed by atoms with van der Waals surface area (Å²) in [5.41, 5.74) is 0.960. The van der Waals surface area contributed by atoms with Gasteiger partial charge in [0.25, 0.3) is 5.91 Å². The Morgan fingerprint density at radius 2 is 1.77 bits per heavy atom. The monoisotopic (exact) mass is 487 g/mol. The second-order valence-electron chi connectivity index (χ2n) is 7.45. The van der Waals surface area contributed by atoms with Gasteiger partial charge < -0.3 is 9.64 Å². The molecule has 0 aliphatic carbocycles. The summed E-state index contributed by atoms with van der Waals surface area (Å²) < 4.78 is 30.6. The molecule has 0 N–H and O–H groups in total. The van der Waals surface area contributed by atoms with Crippen LogP contribution in [0, 0.1) is 0 Å². The maximum Gasteiger partial charge on any atom is 0.261 e. The molecule has 0 radical (unpaired) electrons. The highest BCUT2D eigenvalue weighted by Crippen LogP contribution is 2.33. The molecule has 0 aromatic heterocycles. The summed E-state index contributed by atoms with van der Waals surface area (Å²) >= 11 is 3.57. The highest BCUT2D eigenvalue weighted by Gasteiger charge is 2.34. The number of fused-ring (bicyclic) bond motifs is 1. The lowest BCUT2D eigenvalue weighted by atomic mass is 10.1. The Hall–Kier alpha value is -2.38. The predicted octanol–water partition coefficient (Wildman–Crippen LogP) is 4.20. The number of nitrogens with zero attached hydrogens (tertiary/aromatic N) is 1. The first kappa shape index (κ1) is 20.9. The van der Waals surface area contributed by atoms with E-state index >= 15 is 0 Å². The van der Waals surface area contributed by atoms with Crippen molar-refractivity contribution in [3.05, 3.63) is 76.8 Å². The normalized spacial score (nSPS) is 17.7. The van der Waals surface area contributed by atoms with Crippen molar-refractivity contribution >= 4 is 42.4 Å². The fourth-order valence-electron chi connectivity index (χ4n) is 3.77. The van der Waals surface area contributed by atoms with Crippen LogP contribution in [0.25, 0.3) is 10.8 Å². The summed E-state index contributed by atoms with van der Waals surface area (Å²) in [6, 6.07) is 21.0. The van der Waals surface area contributed by atoms with Crippen molar-refractivity contribution in [1.29, 1.82) is 0 Å². The van der Waals surface area contributed by atoms with E-state index in [-0.39, 0.29) is 30.1 Å². The summed E-state index contributed by atoms with van der Waals surface area (Å²) in [4.78, 5) is 14.7. The van der Waals surface area contributed by atoms with Crippen molar-refractivity contribution in [1.82, 2.24) is 4.90 Å². The fourth-order valence-corrected chi connectivity index (χ4v) is 6.11. The average molecular weight is 488 g/mol. The zero-order valence-corrected chi connectivity index (χ0v) is 18.7. The Kier molecular flexibility index (Phi) is 6.11. The largest absolute Gasteiger partial charge is 0.483 e. The first-order valence-corrected chi connectivity index (χ1v) is 12.4. The van der Waals surface area contributed by atoms with E-state index in [1.165, 1.54) is 0 Å². The second kappa shape index (κ2) is 8.78. The molecule has 0 spiro atoms. The molecular weight excluding hydrogens is 466 g/mol. The van der Waals surface area contributed by atoms with Crippen LogP contribution < -0.4 is 4.74 Å². The minimum atomic E-state index is -3.11. The van der Waals surface area contributed by atoms with Gasteiger partial charge in [-0.1, -0.05) is 60.7 Å². The third kappa shape index (κ3) is 4.68. The Morgan fingerprint density at radius 1 is 1.03 bits per heavy atom. The maximum absolute atomic E-state index is 13.1. The van der Waals surface area contributed by atoms with Gasteiger partial charge in [-0.2, -0.15) is 0 Å². The molecule has 0 bridgehead atoms. The summed E-state index contributed by atoms with van der Waals surface area (Å²) in [5, 5.41) is 2.08. The Bertz CT molecular complexity index is 1160. The van der Waals surface area contributed by atoms with E-state index < -0.39 is 9.84 Å². The number of rotatable bonds is 6. The SMILES string of the molecule is O=C(COc1ccc2ccccc2c1Br)N(Cc1ccccc1)C1CCS(=O)(=O)C1. The number of amides is 1. The van der Waals surface area contributed by atoms with Gasteiger partial charge in [0, 0.05) is 12.6 Å². The van der Waals surface area contributed by atoms with E-state index in [1.54, 1.807) is 4.90 Å². The van der Waals surface area contributed by atoms with Crippen LogP contribution in [0.5, 0.6) is 5.75 Å². The first-order chi connectivity index (χ1) is 14.4. The van der Waals surface area contributed by atoms with E-state index in [0.29, 0.717) is 18.7 Å². The van der Waals surface area contributed by atoms with E-state index in [4.69, 9.17) is 4.74 Å². The van der Waals surface area contributed by atoms with E-state index in [0.717, 1.165) is 20.8 Å². The van der Waals surface area contributed by atoms with E-state index in [1.807, 2.05) is 66.7 Å². The molecule has 5 nitrogen and oxygen atoms in total. The highest BCUT2D eigenvalue weighted by atomic mass is 79.9. The molecule has 3 aromatic rings. The number of hydrogen-bond donors (Lipinski definition) is 0. The lowest BCUT2D eigenvalue weighted by Gasteiger charge is -2.28. The minimum absolute atomic E-state index is 0.00520.